The third kappa shape index (κ3) is 1.68. The summed E-state index contributed by atoms with van der Waals surface area (Å²) in [7, 11) is 1.43. The maximum Gasteiger partial charge on any atom is 0.231 e. The number of ether oxygens (including phenoxy) is 2. The zero-order chi connectivity index (χ0) is 10.1. The van der Waals surface area contributed by atoms with Gasteiger partial charge in [0, 0.05) is 4.47 Å². The standard InChI is InChI=1S/C9H8BrNO3/c1-11(12)4-6-2-8-9(3-7(6)10)14-5-13-8/h2-4H,5H2,1H3/b11-4-. The molecule has 0 spiro atoms. The van der Waals surface area contributed by atoms with Gasteiger partial charge in [0.2, 0.25) is 6.79 Å². The molecule has 74 valence electrons. The maximum absolute atomic E-state index is 10.8. The minimum absolute atomic E-state index is 0.235. The molecule has 1 aliphatic rings. The van der Waals surface area contributed by atoms with Gasteiger partial charge in [-0.05, 0) is 28.1 Å². The molecule has 1 aromatic carbocycles. The van der Waals surface area contributed by atoms with E-state index in [1.165, 1.54) is 13.3 Å². The van der Waals surface area contributed by atoms with Crippen LogP contribution in [0.1, 0.15) is 5.56 Å². The number of hydrogen-bond acceptors (Lipinski definition) is 3. The third-order valence-corrected chi connectivity index (χ3v) is 2.50. The highest BCUT2D eigenvalue weighted by Gasteiger charge is 2.16. The molecule has 1 heterocycles. The minimum Gasteiger partial charge on any atom is -0.624 e. The van der Waals surface area contributed by atoms with Gasteiger partial charge >= 0.3 is 0 Å². The van der Waals surface area contributed by atoms with Crippen molar-refractivity contribution in [1.29, 1.82) is 0 Å². The number of nitrogens with zero attached hydrogens (tertiary/aromatic N) is 1. The molecule has 5 heteroatoms. The van der Waals surface area contributed by atoms with E-state index in [1.54, 1.807) is 12.1 Å². The molecule has 14 heavy (non-hydrogen) atoms. The van der Waals surface area contributed by atoms with Gasteiger partial charge in [0.25, 0.3) is 0 Å². The molecule has 2 rings (SSSR count). The molecule has 0 saturated heterocycles. The van der Waals surface area contributed by atoms with Gasteiger partial charge in [0.15, 0.2) is 17.7 Å². The first kappa shape index (κ1) is 9.33. The molecule has 0 aromatic heterocycles. The van der Waals surface area contributed by atoms with Crippen molar-refractivity contribution in [2.45, 2.75) is 0 Å². The lowest BCUT2D eigenvalue weighted by atomic mass is 10.2. The smallest absolute Gasteiger partial charge is 0.231 e. The number of rotatable bonds is 1. The Labute approximate surface area is 89.5 Å². The number of hydrogen-bond donors (Lipinski definition) is 0. The average Bonchev–Trinajstić information content (AvgIpc) is 2.51. The van der Waals surface area contributed by atoms with Crippen molar-refractivity contribution in [3.05, 3.63) is 27.4 Å². The molecule has 0 bridgehead atoms. The van der Waals surface area contributed by atoms with Crippen LogP contribution in [0.4, 0.5) is 0 Å². The second-order valence-corrected chi connectivity index (χ2v) is 3.76. The van der Waals surface area contributed by atoms with Crippen molar-refractivity contribution in [3.63, 3.8) is 0 Å². The Morgan fingerprint density at radius 1 is 1.43 bits per heavy atom. The maximum atomic E-state index is 10.8. The molecule has 4 nitrogen and oxygen atoms in total. The van der Waals surface area contributed by atoms with E-state index < -0.39 is 0 Å². The summed E-state index contributed by atoms with van der Waals surface area (Å²) in [6.45, 7) is 0.235. The van der Waals surface area contributed by atoms with Crippen molar-refractivity contribution in [3.8, 4) is 11.5 Å². The van der Waals surface area contributed by atoms with Crippen molar-refractivity contribution >= 4 is 22.1 Å². The van der Waals surface area contributed by atoms with E-state index in [-0.39, 0.29) is 6.79 Å². The molecule has 0 amide bonds. The summed E-state index contributed by atoms with van der Waals surface area (Å²) in [4.78, 5) is 0. The van der Waals surface area contributed by atoms with Gasteiger partial charge < -0.3 is 14.7 Å². The Balaban J connectivity index is 2.47. The van der Waals surface area contributed by atoms with Crippen LogP contribution in [0.2, 0.25) is 0 Å². The Hall–Kier alpha value is -1.23. The predicted octanol–water partition coefficient (Wildman–Crippen LogP) is 1.74. The van der Waals surface area contributed by atoms with E-state index in [4.69, 9.17) is 9.47 Å². The fourth-order valence-corrected chi connectivity index (χ4v) is 1.65. The van der Waals surface area contributed by atoms with Crippen LogP contribution in [0.5, 0.6) is 11.5 Å². The molecule has 0 unspecified atom stereocenters. The molecule has 0 radical (unpaired) electrons. The lowest BCUT2D eigenvalue weighted by molar-refractivity contribution is -0.416. The summed E-state index contributed by atoms with van der Waals surface area (Å²) in [6.07, 6.45) is 1.46. The zero-order valence-corrected chi connectivity index (χ0v) is 9.08. The topological polar surface area (TPSA) is 44.5 Å². The fraction of sp³-hybridized carbons (Fsp3) is 0.222. The Morgan fingerprint density at radius 2 is 2.07 bits per heavy atom. The molecule has 0 saturated carbocycles. The molecule has 0 atom stereocenters. The van der Waals surface area contributed by atoms with Crippen LogP contribution in [0.25, 0.3) is 0 Å². The van der Waals surface area contributed by atoms with Crippen LogP contribution >= 0.6 is 15.9 Å². The van der Waals surface area contributed by atoms with Crippen molar-refractivity contribution < 1.29 is 14.2 Å². The largest absolute Gasteiger partial charge is 0.624 e. The molecule has 1 aromatic rings. The predicted molar refractivity (Wildman–Crippen MR) is 55.0 cm³/mol. The molecule has 0 N–H and O–H groups in total. The van der Waals surface area contributed by atoms with Gasteiger partial charge in [-0.15, -0.1) is 0 Å². The SMILES string of the molecule is C/[N+]([O-])=C/c1cc2c(cc1Br)OCO2. The van der Waals surface area contributed by atoms with Gasteiger partial charge in [0.05, 0.1) is 5.56 Å². The number of hydroxylamine groups is 1. The molecule has 1 aliphatic heterocycles. The Morgan fingerprint density at radius 3 is 2.71 bits per heavy atom. The number of benzene rings is 1. The highest BCUT2D eigenvalue weighted by Crippen LogP contribution is 2.36. The number of halogens is 1. The lowest BCUT2D eigenvalue weighted by Gasteiger charge is -2.01. The summed E-state index contributed by atoms with van der Waals surface area (Å²) in [5.41, 5.74) is 0.770. The van der Waals surface area contributed by atoms with Crippen LogP contribution < -0.4 is 9.47 Å². The number of fused-ring (bicyclic) bond motifs is 1. The van der Waals surface area contributed by atoms with Crippen molar-refractivity contribution in [2.75, 3.05) is 13.8 Å². The summed E-state index contributed by atoms with van der Waals surface area (Å²) in [6, 6.07) is 3.55. The Bertz CT molecular complexity index is 399. The molecular weight excluding hydrogens is 250 g/mol. The fourth-order valence-electron chi connectivity index (χ4n) is 1.23. The highest BCUT2D eigenvalue weighted by atomic mass is 79.9. The van der Waals surface area contributed by atoms with Crippen molar-refractivity contribution in [2.24, 2.45) is 0 Å². The molecular formula is C9H8BrNO3. The van der Waals surface area contributed by atoms with E-state index in [0.717, 1.165) is 14.8 Å². The second kappa shape index (κ2) is 3.49. The first-order chi connectivity index (χ1) is 6.66. The highest BCUT2D eigenvalue weighted by molar-refractivity contribution is 9.10. The van der Waals surface area contributed by atoms with Crippen LogP contribution in [-0.4, -0.2) is 24.8 Å². The molecule has 0 fully saturated rings. The summed E-state index contributed by atoms with van der Waals surface area (Å²) in [5, 5.41) is 10.8. The van der Waals surface area contributed by atoms with Gasteiger partial charge in [-0.2, -0.15) is 0 Å². The van der Waals surface area contributed by atoms with E-state index in [1.807, 2.05) is 0 Å². The first-order valence-electron chi connectivity index (χ1n) is 4.01. The van der Waals surface area contributed by atoms with Crippen LogP contribution in [0, 0.1) is 5.21 Å². The Kier molecular flexibility index (Phi) is 2.33. The van der Waals surface area contributed by atoms with Gasteiger partial charge in [-0.3, -0.25) is 0 Å². The van der Waals surface area contributed by atoms with Gasteiger partial charge in [0.1, 0.15) is 7.05 Å². The second-order valence-electron chi connectivity index (χ2n) is 2.90. The van der Waals surface area contributed by atoms with E-state index in [2.05, 4.69) is 15.9 Å². The van der Waals surface area contributed by atoms with Gasteiger partial charge in [-0.25, -0.2) is 4.74 Å². The summed E-state index contributed by atoms with van der Waals surface area (Å²) in [5.74, 6) is 1.36. The quantitative estimate of drug-likeness (QED) is 0.333. The molecule has 0 aliphatic carbocycles. The monoisotopic (exact) mass is 257 g/mol. The lowest BCUT2D eigenvalue weighted by Crippen LogP contribution is -1.98. The first-order valence-corrected chi connectivity index (χ1v) is 4.80. The summed E-state index contributed by atoms with van der Waals surface area (Å²) < 4.78 is 11.9. The normalized spacial score (nSPS) is 14.6. The zero-order valence-electron chi connectivity index (χ0n) is 7.49. The average molecular weight is 258 g/mol. The summed E-state index contributed by atoms with van der Waals surface area (Å²) >= 11 is 3.35. The minimum atomic E-state index is 0.235. The third-order valence-electron chi connectivity index (χ3n) is 1.81. The van der Waals surface area contributed by atoms with Crippen LogP contribution in [0.3, 0.4) is 0 Å². The van der Waals surface area contributed by atoms with Crippen LogP contribution in [0.15, 0.2) is 16.6 Å². The van der Waals surface area contributed by atoms with E-state index in [9.17, 15) is 5.21 Å². The van der Waals surface area contributed by atoms with E-state index in [0.29, 0.717) is 11.5 Å². The van der Waals surface area contributed by atoms with E-state index >= 15 is 0 Å². The van der Waals surface area contributed by atoms with Crippen molar-refractivity contribution in [1.82, 2.24) is 0 Å². The van der Waals surface area contributed by atoms with Gasteiger partial charge in [-0.1, -0.05) is 0 Å². The van der Waals surface area contributed by atoms with Crippen LogP contribution in [-0.2, 0) is 0 Å².